The molecule has 0 aromatic heterocycles. The van der Waals surface area contributed by atoms with Gasteiger partial charge in [0.1, 0.15) is 12.0 Å². The van der Waals surface area contributed by atoms with Crippen molar-refractivity contribution >= 4 is 23.3 Å². The third-order valence-electron chi connectivity index (χ3n) is 3.24. The van der Waals surface area contributed by atoms with Crippen LogP contribution in [-0.4, -0.2) is 24.5 Å². The van der Waals surface area contributed by atoms with E-state index in [0.29, 0.717) is 24.3 Å². The first-order valence-corrected chi connectivity index (χ1v) is 10.5. The van der Waals surface area contributed by atoms with Gasteiger partial charge >= 0.3 is 43.3 Å². The minimum Gasteiger partial charge on any atom is -1.00 e. The molecule has 2 rings (SSSR count). The second-order valence-corrected chi connectivity index (χ2v) is 8.85. The van der Waals surface area contributed by atoms with Crippen LogP contribution in [0.1, 0.15) is 6.99 Å². The third kappa shape index (κ3) is 7.37. The summed E-state index contributed by atoms with van der Waals surface area (Å²) >= 11 is 0. The topological polar surface area (TPSA) is 136 Å². The van der Waals surface area contributed by atoms with Crippen molar-refractivity contribution in [2.75, 3.05) is 6.29 Å². The predicted octanol–water partition coefficient (Wildman–Crippen LogP) is 0.230. The van der Waals surface area contributed by atoms with Crippen molar-refractivity contribution in [3.63, 3.8) is 0 Å². The Labute approximate surface area is 186 Å². The number of halogens is 3. The second kappa shape index (κ2) is 9.56. The van der Waals surface area contributed by atoms with Crippen LogP contribution in [0.2, 0.25) is 0 Å². The molecule has 0 heterocycles. The van der Waals surface area contributed by atoms with Gasteiger partial charge in [0, 0.05) is 12.1 Å². The summed E-state index contributed by atoms with van der Waals surface area (Å²) in [6, 6.07) is 6.64. The normalized spacial score (nSPS) is 13.8. The van der Waals surface area contributed by atoms with Crippen LogP contribution >= 0.6 is 7.60 Å². The Balaban J connectivity index is 0.00000420. The molecule has 0 aliphatic carbocycles. The molecule has 0 aliphatic rings. The Kier molecular flexibility index (Phi) is 8.43. The Morgan fingerprint density at radius 2 is 1.66 bits per heavy atom. The van der Waals surface area contributed by atoms with Gasteiger partial charge in [-0.3, -0.25) is 10.1 Å². The van der Waals surface area contributed by atoms with Crippen molar-refractivity contribution in [3.05, 3.63) is 64.2 Å². The first-order chi connectivity index (χ1) is 12.8. The quantitative estimate of drug-likeness (QED) is 0.259. The maximum atomic E-state index is 12.5. The van der Waals surface area contributed by atoms with E-state index in [-0.39, 0.29) is 42.4 Å². The SMILES string of the molecule is O=[N+]([O-])c1ccc(OP(=O)(O)CNS(=O)(=O)c2ccc(C(F)(F)F)cc2)cc1.[H-].[Na+]. The maximum Gasteiger partial charge on any atom is 1.00 e. The molecule has 2 N–H and O–H groups in total. The van der Waals surface area contributed by atoms with Gasteiger partial charge in [0.25, 0.3) is 5.69 Å². The van der Waals surface area contributed by atoms with Crippen LogP contribution in [0.4, 0.5) is 18.9 Å². The average Bonchev–Trinajstić information content (AvgIpc) is 2.60. The Bertz CT molecular complexity index is 1020. The zero-order chi connectivity index (χ0) is 21.2. The van der Waals surface area contributed by atoms with Crippen molar-refractivity contribution in [2.24, 2.45) is 0 Å². The number of nitrogens with zero attached hydrogens (tertiary/aromatic N) is 1. The van der Waals surface area contributed by atoms with E-state index in [2.05, 4.69) is 0 Å². The summed E-state index contributed by atoms with van der Waals surface area (Å²) in [6.45, 7) is 0. The van der Waals surface area contributed by atoms with Gasteiger partial charge in [-0.1, -0.05) is 0 Å². The van der Waals surface area contributed by atoms with E-state index < -0.39 is 45.5 Å². The molecule has 1 unspecified atom stereocenters. The molecule has 0 saturated heterocycles. The summed E-state index contributed by atoms with van der Waals surface area (Å²) in [6.07, 6.45) is -5.72. The standard InChI is InChI=1S/C14H12F3N2O7PS.Na.H/c15-14(16,17)10-1-7-13(8-2-10)28(24,25)18-9-27(22,23)26-12-5-3-11(4-6-12)19(20)21;;/h1-8,18H,9H2,(H,22,23);;/q;+1;-1. The second-order valence-electron chi connectivity index (χ2n) is 5.31. The van der Waals surface area contributed by atoms with Gasteiger partial charge < -0.3 is 10.8 Å². The molecule has 0 saturated carbocycles. The molecule has 154 valence electrons. The Hall–Kier alpha value is -1.47. The van der Waals surface area contributed by atoms with Gasteiger partial charge in [-0.05, 0) is 36.4 Å². The number of nitrogens with one attached hydrogen (secondary N) is 1. The molecule has 0 radical (unpaired) electrons. The predicted molar refractivity (Wildman–Crippen MR) is 91.3 cm³/mol. The summed E-state index contributed by atoms with van der Waals surface area (Å²) in [5.41, 5.74) is -1.34. The van der Waals surface area contributed by atoms with Crippen molar-refractivity contribution in [1.82, 2.24) is 4.72 Å². The number of nitro groups is 1. The first-order valence-electron chi connectivity index (χ1n) is 7.23. The molecule has 0 amide bonds. The number of hydrogen-bond acceptors (Lipinski definition) is 6. The van der Waals surface area contributed by atoms with E-state index in [1.54, 1.807) is 4.72 Å². The van der Waals surface area contributed by atoms with E-state index in [0.717, 1.165) is 24.3 Å². The number of sulfonamides is 1. The van der Waals surface area contributed by atoms with Crippen LogP contribution in [0.5, 0.6) is 5.75 Å². The van der Waals surface area contributed by atoms with E-state index in [9.17, 15) is 41.2 Å². The molecule has 0 bridgehead atoms. The fourth-order valence-corrected chi connectivity index (χ4v) is 4.41. The van der Waals surface area contributed by atoms with Crippen LogP contribution in [0, 0.1) is 10.1 Å². The minimum atomic E-state index is -4.64. The fourth-order valence-electron chi connectivity index (χ4n) is 1.90. The smallest absolute Gasteiger partial charge is 1.00 e. The number of hydrogen-bond donors (Lipinski definition) is 2. The molecule has 2 aromatic rings. The molecule has 9 nitrogen and oxygen atoms in total. The Morgan fingerprint density at radius 1 is 1.14 bits per heavy atom. The van der Waals surface area contributed by atoms with Crippen LogP contribution < -0.4 is 38.8 Å². The van der Waals surface area contributed by atoms with Gasteiger partial charge in [-0.25, -0.2) is 13.0 Å². The van der Waals surface area contributed by atoms with E-state index in [4.69, 9.17) is 4.52 Å². The summed E-state index contributed by atoms with van der Waals surface area (Å²) in [5, 5.41) is 10.5. The van der Waals surface area contributed by atoms with Gasteiger partial charge in [0.05, 0.1) is 15.4 Å². The fraction of sp³-hybridized carbons (Fsp3) is 0.143. The molecular formula is C14H13F3N2NaO7PS. The van der Waals surface area contributed by atoms with Gasteiger partial charge in [0.2, 0.25) is 10.0 Å². The number of nitro benzene ring substituents is 1. The number of non-ortho nitro benzene ring substituents is 1. The summed E-state index contributed by atoms with van der Waals surface area (Å²) in [7, 11) is -8.93. The van der Waals surface area contributed by atoms with E-state index >= 15 is 0 Å². The number of alkyl halides is 3. The van der Waals surface area contributed by atoms with Crippen LogP contribution in [0.15, 0.2) is 53.4 Å². The molecule has 0 spiro atoms. The summed E-state index contributed by atoms with van der Waals surface area (Å²) in [4.78, 5) is 19.0. The first kappa shape index (κ1) is 25.6. The van der Waals surface area contributed by atoms with E-state index in [1.807, 2.05) is 0 Å². The third-order valence-corrected chi connectivity index (χ3v) is 5.93. The monoisotopic (exact) mass is 464 g/mol. The van der Waals surface area contributed by atoms with Gasteiger partial charge in [-0.2, -0.15) is 17.9 Å². The van der Waals surface area contributed by atoms with Crippen molar-refractivity contribution in [3.8, 4) is 5.75 Å². The number of rotatable bonds is 7. The summed E-state index contributed by atoms with van der Waals surface area (Å²) < 4.78 is 80.1. The maximum absolute atomic E-state index is 12.5. The molecule has 0 fully saturated rings. The summed E-state index contributed by atoms with van der Waals surface area (Å²) in [5.74, 6) is -0.217. The number of benzene rings is 2. The zero-order valence-corrected chi connectivity index (χ0v) is 18.4. The van der Waals surface area contributed by atoms with Crippen molar-refractivity contribution in [2.45, 2.75) is 11.1 Å². The largest absolute Gasteiger partial charge is 1.00 e. The van der Waals surface area contributed by atoms with E-state index in [1.165, 1.54) is 0 Å². The molecule has 1 atom stereocenters. The molecule has 2 aromatic carbocycles. The van der Waals surface area contributed by atoms with Crippen LogP contribution in [0.3, 0.4) is 0 Å². The zero-order valence-electron chi connectivity index (χ0n) is 15.7. The van der Waals surface area contributed by atoms with Crippen molar-refractivity contribution < 1.29 is 71.5 Å². The van der Waals surface area contributed by atoms with Crippen LogP contribution in [-0.2, 0) is 20.8 Å². The minimum absolute atomic E-state index is 0. The molecule has 15 heteroatoms. The molecule has 0 aliphatic heterocycles. The molecule has 29 heavy (non-hydrogen) atoms. The Morgan fingerprint density at radius 3 is 2.10 bits per heavy atom. The van der Waals surface area contributed by atoms with Gasteiger partial charge in [-0.15, -0.1) is 0 Å². The van der Waals surface area contributed by atoms with Crippen molar-refractivity contribution in [1.29, 1.82) is 0 Å². The molecular weight excluding hydrogens is 451 g/mol. The van der Waals surface area contributed by atoms with Crippen LogP contribution in [0.25, 0.3) is 0 Å². The average molecular weight is 464 g/mol. The van der Waals surface area contributed by atoms with Gasteiger partial charge in [0.15, 0.2) is 0 Å².